The molecule has 4 rings (SSSR count). The first-order valence-corrected chi connectivity index (χ1v) is 12.4. The van der Waals surface area contributed by atoms with Crippen LogP contribution < -0.4 is 20.5 Å². The zero-order valence-electron chi connectivity index (χ0n) is 17.4. The molecule has 0 unspecified atom stereocenters. The molecule has 33 heavy (non-hydrogen) atoms. The van der Waals surface area contributed by atoms with Gasteiger partial charge in [0.1, 0.15) is 9.96 Å². The van der Waals surface area contributed by atoms with Crippen LogP contribution in [-0.2, 0) is 23.1 Å². The van der Waals surface area contributed by atoms with Gasteiger partial charge in [0.15, 0.2) is 5.82 Å². The second-order valence-corrected chi connectivity index (χ2v) is 10.7. The fourth-order valence-corrected chi connectivity index (χ4v) is 5.87. The normalized spacial score (nSPS) is 11.5. The molecule has 0 aliphatic carbocycles. The van der Waals surface area contributed by atoms with Crippen molar-refractivity contribution in [1.82, 2.24) is 15.1 Å². The van der Waals surface area contributed by atoms with Crippen LogP contribution in [0.15, 0.2) is 58.8 Å². The van der Waals surface area contributed by atoms with Crippen LogP contribution in [0, 0.1) is 0 Å². The van der Waals surface area contributed by atoms with Crippen molar-refractivity contribution >= 4 is 55.7 Å². The molecule has 2 aromatic carbocycles. The molecule has 172 valence electrons. The number of hydrogen-bond acceptors (Lipinski definition) is 6. The minimum Gasteiger partial charge on any atom is -0.496 e. The van der Waals surface area contributed by atoms with Gasteiger partial charge in [-0.05, 0) is 35.4 Å². The zero-order chi connectivity index (χ0) is 23.6. The van der Waals surface area contributed by atoms with Gasteiger partial charge in [0, 0.05) is 6.54 Å². The molecule has 0 spiro atoms. The number of anilines is 1. The van der Waals surface area contributed by atoms with Gasteiger partial charge in [-0.3, -0.25) is 9.40 Å². The lowest BCUT2D eigenvalue weighted by Crippen LogP contribution is -2.28. The Hall–Kier alpha value is -3.28. The number of urea groups is 1. The molecule has 0 radical (unpaired) electrons. The number of primary amides is 1. The second-order valence-electron chi connectivity index (χ2n) is 7.06. The monoisotopic (exact) mass is 505 g/mol. The van der Waals surface area contributed by atoms with Crippen LogP contribution in [0.4, 0.5) is 10.6 Å². The predicted octanol–water partition coefficient (Wildman–Crippen LogP) is 3.78. The van der Waals surface area contributed by atoms with Gasteiger partial charge in [-0.15, -0.1) is 11.3 Å². The van der Waals surface area contributed by atoms with Crippen LogP contribution in [0.3, 0.4) is 0 Å². The number of nitrogens with one attached hydrogen (secondary N) is 2. The van der Waals surface area contributed by atoms with Crippen molar-refractivity contribution in [2.75, 3.05) is 11.8 Å². The first-order valence-electron chi connectivity index (χ1n) is 9.69. The van der Waals surface area contributed by atoms with Crippen molar-refractivity contribution in [3.8, 4) is 5.75 Å². The quantitative estimate of drug-likeness (QED) is 0.335. The van der Waals surface area contributed by atoms with Crippen molar-refractivity contribution in [2.45, 2.75) is 17.3 Å². The van der Waals surface area contributed by atoms with E-state index >= 15 is 0 Å². The number of carbonyl (C=O) groups is 1. The van der Waals surface area contributed by atoms with E-state index in [4.69, 9.17) is 22.1 Å². The highest BCUT2D eigenvalue weighted by Crippen LogP contribution is 2.35. The number of ether oxygens (including phenoxy) is 1. The summed E-state index contributed by atoms with van der Waals surface area (Å²) in [6.45, 7) is 0.659. The molecule has 12 heteroatoms. The van der Waals surface area contributed by atoms with Crippen LogP contribution in [0.2, 0.25) is 4.34 Å². The molecule has 2 heterocycles. The SMILES string of the molecule is COc1cccc2c1c(NS(=O)(=O)c1ccc(Cl)s1)nn2Cc1cccc(CNC(N)=O)c1. The number of rotatable bonds is 8. The van der Waals surface area contributed by atoms with Crippen molar-refractivity contribution in [3.05, 3.63) is 70.1 Å². The van der Waals surface area contributed by atoms with E-state index in [0.717, 1.165) is 22.5 Å². The molecule has 4 N–H and O–H groups in total. The topological polar surface area (TPSA) is 128 Å². The van der Waals surface area contributed by atoms with Gasteiger partial charge in [0.05, 0.1) is 28.9 Å². The lowest BCUT2D eigenvalue weighted by atomic mass is 10.1. The van der Waals surface area contributed by atoms with E-state index in [9.17, 15) is 13.2 Å². The maximum absolute atomic E-state index is 12.9. The lowest BCUT2D eigenvalue weighted by Gasteiger charge is -2.07. The van der Waals surface area contributed by atoms with Gasteiger partial charge in [-0.2, -0.15) is 5.10 Å². The summed E-state index contributed by atoms with van der Waals surface area (Å²) < 4.78 is 36.0. The number of hydrogen-bond donors (Lipinski definition) is 3. The van der Waals surface area contributed by atoms with E-state index in [0.29, 0.717) is 34.1 Å². The van der Waals surface area contributed by atoms with E-state index < -0.39 is 16.1 Å². The van der Waals surface area contributed by atoms with Gasteiger partial charge in [-0.25, -0.2) is 13.2 Å². The Balaban J connectivity index is 1.72. The smallest absolute Gasteiger partial charge is 0.312 e. The van der Waals surface area contributed by atoms with E-state index in [-0.39, 0.29) is 10.0 Å². The summed E-state index contributed by atoms with van der Waals surface area (Å²) in [5.74, 6) is 0.638. The summed E-state index contributed by atoms with van der Waals surface area (Å²) >= 11 is 6.87. The van der Waals surface area contributed by atoms with Crippen LogP contribution in [0.1, 0.15) is 11.1 Å². The Morgan fingerprint density at radius 1 is 1.18 bits per heavy atom. The average Bonchev–Trinajstić information content (AvgIpc) is 3.37. The number of fused-ring (bicyclic) bond motifs is 1. The number of methoxy groups -OCH3 is 1. The van der Waals surface area contributed by atoms with Crippen LogP contribution >= 0.6 is 22.9 Å². The number of thiophene rings is 1. The maximum atomic E-state index is 12.9. The van der Waals surface area contributed by atoms with Gasteiger partial charge < -0.3 is 15.8 Å². The first-order chi connectivity index (χ1) is 15.8. The van der Waals surface area contributed by atoms with E-state index in [1.54, 1.807) is 10.7 Å². The third-order valence-corrected chi connectivity index (χ3v) is 7.86. The van der Waals surface area contributed by atoms with Gasteiger partial charge in [0.2, 0.25) is 0 Å². The summed E-state index contributed by atoms with van der Waals surface area (Å²) in [6, 6.07) is 15.3. The Morgan fingerprint density at radius 2 is 1.94 bits per heavy atom. The summed E-state index contributed by atoms with van der Waals surface area (Å²) in [6.07, 6.45) is 0. The third kappa shape index (κ3) is 5.05. The van der Waals surface area contributed by atoms with Crippen molar-refractivity contribution < 1.29 is 17.9 Å². The van der Waals surface area contributed by atoms with E-state index in [1.165, 1.54) is 19.2 Å². The number of amides is 2. The highest BCUT2D eigenvalue weighted by atomic mass is 35.5. The third-order valence-electron chi connectivity index (χ3n) is 4.79. The summed E-state index contributed by atoms with van der Waals surface area (Å²) in [4.78, 5) is 11.0. The van der Waals surface area contributed by atoms with Crippen molar-refractivity contribution in [1.29, 1.82) is 0 Å². The number of nitrogens with zero attached hydrogens (tertiary/aromatic N) is 2. The molecule has 4 aromatic rings. The average molecular weight is 506 g/mol. The molecular formula is C21H20ClN5O4S2. The minimum absolute atomic E-state index is 0.0831. The molecule has 0 atom stereocenters. The molecule has 0 saturated heterocycles. The number of halogens is 1. The molecule has 2 amide bonds. The molecule has 0 fully saturated rings. The Bertz CT molecular complexity index is 1430. The van der Waals surface area contributed by atoms with Crippen LogP contribution in [0.25, 0.3) is 10.9 Å². The van der Waals surface area contributed by atoms with Gasteiger partial charge >= 0.3 is 6.03 Å². The fourth-order valence-electron chi connectivity index (χ4n) is 3.38. The second kappa shape index (κ2) is 9.30. The summed E-state index contributed by atoms with van der Waals surface area (Å²) in [5.41, 5.74) is 7.62. The largest absolute Gasteiger partial charge is 0.496 e. The van der Waals surface area contributed by atoms with Crippen LogP contribution in [-0.4, -0.2) is 31.3 Å². The summed E-state index contributed by atoms with van der Waals surface area (Å²) in [5, 5.41) is 7.64. The minimum atomic E-state index is -3.89. The molecule has 0 aliphatic heterocycles. The number of sulfonamides is 1. The predicted molar refractivity (Wildman–Crippen MR) is 128 cm³/mol. The molecule has 9 nitrogen and oxygen atoms in total. The number of carbonyl (C=O) groups excluding carboxylic acids is 1. The highest BCUT2D eigenvalue weighted by Gasteiger charge is 2.23. The van der Waals surface area contributed by atoms with E-state index in [1.807, 2.05) is 36.4 Å². The molecular weight excluding hydrogens is 486 g/mol. The highest BCUT2D eigenvalue weighted by molar-refractivity contribution is 7.94. The standard InChI is InChI=1S/C21H20ClN5O4S2/c1-31-16-7-3-6-15-19(16)20(26-33(29,30)18-9-8-17(22)32-18)25-27(15)12-14-5-2-4-13(10-14)11-24-21(23)28/h2-10H,11-12H2,1H3,(H,25,26)(H3,23,24,28). The lowest BCUT2D eigenvalue weighted by molar-refractivity contribution is 0.248. The Morgan fingerprint density at radius 3 is 2.64 bits per heavy atom. The fraction of sp³-hybridized carbons (Fsp3) is 0.143. The molecule has 0 saturated carbocycles. The number of nitrogens with two attached hydrogens (primary N) is 1. The molecule has 0 aliphatic rings. The van der Waals surface area contributed by atoms with Crippen molar-refractivity contribution in [3.63, 3.8) is 0 Å². The van der Waals surface area contributed by atoms with Crippen LogP contribution in [0.5, 0.6) is 5.75 Å². The maximum Gasteiger partial charge on any atom is 0.312 e. The summed E-state index contributed by atoms with van der Waals surface area (Å²) in [7, 11) is -2.38. The molecule has 2 aromatic heterocycles. The number of aromatic nitrogens is 2. The number of benzene rings is 2. The molecule has 0 bridgehead atoms. The van der Waals surface area contributed by atoms with Gasteiger partial charge in [-0.1, -0.05) is 41.9 Å². The Labute approximate surface area is 199 Å². The van der Waals surface area contributed by atoms with Gasteiger partial charge in [0.25, 0.3) is 10.0 Å². The zero-order valence-corrected chi connectivity index (χ0v) is 19.8. The van der Waals surface area contributed by atoms with E-state index in [2.05, 4.69) is 15.1 Å². The Kier molecular flexibility index (Phi) is 6.45. The first kappa shape index (κ1) is 22.9. The van der Waals surface area contributed by atoms with Crippen molar-refractivity contribution in [2.24, 2.45) is 5.73 Å².